The molecule has 2 aliphatic heterocycles. The van der Waals surface area contributed by atoms with Crippen molar-refractivity contribution in [3.8, 4) is 6.19 Å². The molecule has 3 heterocycles. The van der Waals surface area contributed by atoms with E-state index < -0.39 is 0 Å². The van der Waals surface area contributed by atoms with Crippen molar-refractivity contribution in [3.63, 3.8) is 0 Å². The fraction of sp³-hybridized carbons (Fsp3) is 0.571. The zero-order chi connectivity index (χ0) is 13.2. The van der Waals surface area contributed by atoms with Crippen molar-refractivity contribution >= 4 is 0 Å². The smallest absolute Gasteiger partial charge is 0.179 e. The molecule has 19 heavy (non-hydrogen) atoms. The summed E-state index contributed by atoms with van der Waals surface area (Å²) in [6.45, 7) is 4.00. The van der Waals surface area contributed by atoms with Gasteiger partial charge >= 0.3 is 0 Å². The van der Waals surface area contributed by atoms with Gasteiger partial charge in [-0.2, -0.15) is 5.26 Å². The SMILES string of the molecule is C[C@@H]1CN(C#N)C[C@H]1C1CC(c2ccncc2)NN1. The molecule has 5 nitrogen and oxygen atoms in total. The minimum atomic E-state index is 0.344. The van der Waals surface area contributed by atoms with Crippen molar-refractivity contribution in [1.82, 2.24) is 20.7 Å². The molecule has 0 radical (unpaired) electrons. The Bertz CT molecular complexity index is 468. The standard InChI is InChI=1S/C14H19N5/c1-10-7-19(9-15)8-12(10)14-6-13(17-18-14)11-2-4-16-5-3-11/h2-5,10,12-14,17-18H,6-8H2,1H3/t10-,12-,13?,14?/m1/s1. The molecule has 0 bridgehead atoms. The number of nitrogens with one attached hydrogen (secondary N) is 2. The lowest BCUT2D eigenvalue weighted by Gasteiger charge is -2.20. The highest BCUT2D eigenvalue weighted by molar-refractivity contribution is 5.17. The molecule has 4 atom stereocenters. The van der Waals surface area contributed by atoms with Crippen LogP contribution in [0.3, 0.4) is 0 Å². The molecule has 0 aromatic carbocycles. The van der Waals surface area contributed by atoms with Crippen LogP contribution in [0, 0.1) is 23.3 Å². The van der Waals surface area contributed by atoms with Crippen LogP contribution in [0.5, 0.6) is 0 Å². The summed E-state index contributed by atoms with van der Waals surface area (Å²) in [5.74, 6) is 1.11. The molecule has 0 spiro atoms. The highest BCUT2D eigenvalue weighted by Crippen LogP contribution is 2.32. The lowest BCUT2D eigenvalue weighted by Crippen LogP contribution is -2.38. The second-order valence-corrected chi connectivity index (χ2v) is 5.61. The summed E-state index contributed by atoms with van der Waals surface area (Å²) in [6.07, 6.45) is 7.00. The van der Waals surface area contributed by atoms with E-state index >= 15 is 0 Å². The van der Waals surface area contributed by atoms with Crippen molar-refractivity contribution < 1.29 is 0 Å². The highest BCUT2D eigenvalue weighted by Gasteiger charge is 2.39. The maximum absolute atomic E-state index is 9.01. The van der Waals surface area contributed by atoms with Crippen molar-refractivity contribution in [2.24, 2.45) is 11.8 Å². The molecule has 100 valence electrons. The highest BCUT2D eigenvalue weighted by atomic mass is 15.4. The van der Waals surface area contributed by atoms with Crippen LogP contribution >= 0.6 is 0 Å². The fourth-order valence-corrected chi connectivity index (χ4v) is 3.27. The molecule has 2 saturated heterocycles. The Morgan fingerprint density at radius 3 is 2.79 bits per heavy atom. The lowest BCUT2D eigenvalue weighted by atomic mass is 9.87. The molecule has 2 N–H and O–H groups in total. The first-order chi connectivity index (χ1) is 9.28. The summed E-state index contributed by atoms with van der Waals surface area (Å²) < 4.78 is 0. The van der Waals surface area contributed by atoms with E-state index in [1.54, 1.807) is 0 Å². The molecule has 2 fully saturated rings. The number of hydrogen-bond donors (Lipinski definition) is 2. The van der Waals surface area contributed by atoms with Crippen LogP contribution in [0.15, 0.2) is 24.5 Å². The van der Waals surface area contributed by atoms with Gasteiger partial charge in [-0.3, -0.25) is 15.8 Å². The summed E-state index contributed by atoms with van der Waals surface area (Å²) in [4.78, 5) is 5.93. The molecule has 2 aliphatic rings. The lowest BCUT2D eigenvalue weighted by molar-refractivity contribution is 0.330. The van der Waals surface area contributed by atoms with Gasteiger partial charge in [0.15, 0.2) is 6.19 Å². The van der Waals surface area contributed by atoms with Gasteiger partial charge in [-0.1, -0.05) is 6.92 Å². The van der Waals surface area contributed by atoms with Gasteiger partial charge in [0.1, 0.15) is 0 Å². The molecule has 0 amide bonds. The molecule has 0 aliphatic carbocycles. The number of nitrogens with zero attached hydrogens (tertiary/aromatic N) is 3. The van der Waals surface area contributed by atoms with Crippen molar-refractivity contribution in [1.29, 1.82) is 5.26 Å². The normalized spacial score (nSPS) is 34.4. The predicted octanol–water partition coefficient (Wildman–Crippen LogP) is 1.04. The van der Waals surface area contributed by atoms with E-state index in [1.165, 1.54) is 5.56 Å². The molecule has 2 unspecified atom stereocenters. The Kier molecular flexibility index (Phi) is 3.36. The number of likely N-dealkylation sites (tertiary alicyclic amines) is 1. The Balaban J connectivity index is 1.65. The maximum atomic E-state index is 9.01. The van der Waals surface area contributed by atoms with Gasteiger partial charge in [0.25, 0.3) is 0 Å². The molecule has 1 aromatic heterocycles. The largest absolute Gasteiger partial charge is 0.310 e. The Morgan fingerprint density at radius 2 is 2.11 bits per heavy atom. The van der Waals surface area contributed by atoms with Crippen molar-refractivity contribution in [3.05, 3.63) is 30.1 Å². The topological polar surface area (TPSA) is 64.0 Å². The zero-order valence-corrected chi connectivity index (χ0v) is 11.1. The summed E-state index contributed by atoms with van der Waals surface area (Å²) in [6, 6.07) is 4.89. The summed E-state index contributed by atoms with van der Waals surface area (Å²) in [5.41, 5.74) is 8.06. The number of hydrazine groups is 1. The van der Waals surface area contributed by atoms with Crippen LogP contribution in [-0.4, -0.2) is 29.0 Å². The van der Waals surface area contributed by atoms with E-state index in [9.17, 15) is 0 Å². The van der Waals surface area contributed by atoms with Gasteiger partial charge in [0.05, 0.1) is 0 Å². The number of aromatic nitrogens is 1. The first-order valence-electron chi connectivity index (χ1n) is 6.83. The quantitative estimate of drug-likeness (QED) is 0.775. The maximum Gasteiger partial charge on any atom is 0.179 e. The average Bonchev–Trinajstić information content (AvgIpc) is 3.06. The van der Waals surface area contributed by atoms with Crippen LogP contribution in [0.2, 0.25) is 0 Å². The van der Waals surface area contributed by atoms with E-state index in [4.69, 9.17) is 5.26 Å². The third-order valence-corrected chi connectivity index (χ3v) is 4.37. The fourth-order valence-electron chi connectivity index (χ4n) is 3.27. The average molecular weight is 257 g/mol. The summed E-state index contributed by atoms with van der Waals surface area (Å²) in [7, 11) is 0. The minimum Gasteiger partial charge on any atom is -0.310 e. The predicted molar refractivity (Wildman–Crippen MR) is 71.5 cm³/mol. The number of hydrogen-bond acceptors (Lipinski definition) is 5. The van der Waals surface area contributed by atoms with Gasteiger partial charge in [-0.25, -0.2) is 0 Å². The van der Waals surface area contributed by atoms with Gasteiger partial charge < -0.3 is 4.90 Å². The van der Waals surface area contributed by atoms with Gasteiger partial charge in [-0.05, 0) is 36.0 Å². The Morgan fingerprint density at radius 1 is 1.32 bits per heavy atom. The third kappa shape index (κ3) is 2.42. The number of nitriles is 1. The Labute approximate surface area is 113 Å². The first kappa shape index (κ1) is 12.4. The monoisotopic (exact) mass is 257 g/mol. The van der Waals surface area contributed by atoms with Gasteiger partial charge in [0, 0.05) is 37.6 Å². The zero-order valence-electron chi connectivity index (χ0n) is 11.1. The van der Waals surface area contributed by atoms with E-state index in [1.807, 2.05) is 17.3 Å². The van der Waals surface area contributed by atoms with E-state index in [2.05, 4.69) is 41.1 Å². The third-order valence-electron chi connectivity index (χ3n) is 4.37. The van der Waals surface area contributed by atoms with E-state index in [0.717, 1.165) is 19.5 Å². The summed E-state index contributed by atoms with van der Waals surface area (Å²) in [5, 5.41) is 9.01. The van der Waals surface area contributed by atoms with Crippen LogP contribution in [0.4, 0.5) is 0 Å². The molecule has 5 heteroatoms. The van der Waals surface area contributed by atoms with E-state index in [-0.39, 0.29) is 0 Å². The first-order valence-corrected chi connectivity index (χ1v) is 6.83. The second kappa shape index (κ2) is 5.16. The van der Waals surface area contributed by atoms with Crippen molar-refractivity contribution in [2.45, 2.75) is 25.4 Å². The van der Waals surface area contributed by atoms with E-state index in [0.29, 0.717) is 23.9 Å². The van der Waals surface area contributed by atoms with Crippen LogP contribution < -0.4 is 10.9 Å². The Hall–Kier alpha value is -1.64. The summed E-state index contributed by atoms with van der Waals surface area (Å²) >= 11 is 0. The van der Waals surface area contributed by atoms with Crippen LogP contribution in [0.25, 0.3) is 0 Å². The second-order valence-electron chi connectivity index (χ2n) is 5.61. The van der Waals surface area contributed by atoms with Crippen molar-refractivity contribution in [2.75, 3.05) is 13.1 Å². The van der Waals surface area contributed by atoms with Crippen LogP contribution in [0.1, 0.15) is 24.9 Å². The molecule has 3 rings (SSSR count). The number of rotatable bonds is 2. The molecule has 1 aromatic rings. The molecule has 0 saturated carbocycles. The van der Waals surface area contributed by atoms with Crippen LogP contribution in [-0.2, 0) is 0 Å². The minimum absolute atomic E-state index is 0.344. The number of pyridine rings is 1. The van der Waals surface area contributed by atoms with Gasteiger partial charge in [-0.15, -0.1) is 0 Å². The molecular weight excluding hydrogens is 238 g/mol. The van der Waals surface area contributed by atoms with Gasteiger partial charge in [0.2, 0.25) is 0 Å². The molecular formula is C14H19N5.